The van der Waals surface area contributed by atoms with Crippen molar-refractivity contribution in [2.45, 2.75) is 25.8 Å². The van der Waals surface area contributed by atoms with E-state index in [2.05, 4.69) is 33.3 Å². The largest absolute Gasteiger partial charge is 0.378 e. The molecule has 1 atom stereocenters. The molecule has 0 aromatic carbocycles. The van der Waals surface area contributed by atoms with Crippen LogP contribution in [0.15, 0.2) is 30.7 Å². The van der Waals surface area contributed by atoms with E-state index in [0.717, 1.165) is 23.9 Å². The van der Waals surface area contributed by atoms with Crippen LogP contribution < -0.4 is 5.32 Å². The van der Waals surface area contributed by atoms with Crippen LogP contribution in [-0.2, 0) is 0 Å². The Morgan fingerprint density at radius 3 is 2.95 bits per heavy atom. The van der Waals surface area contributed by atoms with Crippen LogP contribution >= 0.6 is 0 Å². The molecule has 3 heterocycles. The van der Waals surface area contributed by atoms with E-state index in [1.54, 1.807) is 0 Å². The third-order valence-electron chi connectivity index (χ3n) is 3.82. The maximum absolute atomic E-state index is 4.51. The van der Waals surface area contributed by atoms with Crippen molar-refractivity contribution in [2.75, 3.05) is 25.5 Å². The maximum Gasteiger partial charge on any atom is 0.161 e. The molecule has 0 saturated carbocycles. The van der Waals surface area contributed by atoms with Crippen LogP contribution in [-0.4, -0.2) is 45.6 Å². The summed E-state index contributed by atoms with van der Waals surface area (Å²) in [6, 6.07) is 4.56. The Balaban J connectivity index is 1.85. The molecule has 0 amide bonds. The normalized spacial score (nSPS) is 20.0. The third-order valence-corrected chi connectivity index (χ3v) is 3.82. The highest BCUT2D eigenvalue weighted by Crippen LogP contribution is 2.21. The van der Waals surface area contributed by atoms with Gasteiger partial charge >= 0.3 is 0 Å². The number of hydrogen-bond acceptors (Lipinski definition) is 4. The molecule has 5 nitrogen and oxygen atoms in total. The quantitative estimate of drug-likeness (QED) is 0.928. The van der Waals surface area contributed by atoms with Crippen molar-refractivity contribution in [3.63, 3.8) is 0 Å². The molecule has 0 bridgehead atoms. The van der Waals surface area contributed by atoms with Gasteiger partial charge in [0.1, 0.15) is 5.82 Å². The Labute approximate surface area is 119 Å². The Kier molecular flexibility index (Phi) is 3.69. The lowest BCUT2D eigenvalue weighted by Crippen LogP contribution is -2.39. The maximum atomic E-state index is 4.51. The van der Waals surface area contributed by atoms with Crippen LogP contribution in [0, 0.1) is 6.92 Å². The molecule has 3 rings (SSSR count). The number of aromatic nitrogens is 3. The van der Waals surface area contributed by atoms with E-state index < -0.39 is 0 Å². The van der Waals surface area contributed by atoms with Crippen molar-refractivity contribution in [3.05, 3.63) is 36.5 Å². The minimum absolute atomic E-state index is 0.487. The van der Waals surface area contributed by atoms with Crippen molar-refractivity contribution < 1.29 is 0 Å². The van der Waals surface area contributed by atoms with E-state index >= 15 is 0 Å². The number of pyridine rings is 1. The summed E-state index contributed by atoms with van der Waals surface area (Å²) in [5.74, 6) is 1.88. The second-order valence-electron chi connectivity index (χ2n) is 5.46. The first-order valence-electron chi connectivity index (χ1n) is 7.14. The van der Waals surface area contributed by atoms with Crippen molar-refractivity contribution >= 4 is 5.69 Å². The Bertz CT molecular complexity index is 577. The van der Waals surface area contributed by atoms with E-state index in [0.29, 0.717) is 6.04 Å². The van der Waals surface area contributed by atoms with E-state index in [9.17, 15) is 0 Å². The SMILES string of the molecule is Cc1nccn1-c1ncccc1NC1CCCN(C)C1. The van der Waals surface area contributed by atoms with E-state index in [1.165, 1.54) is 19.4 Å². The van der Waals surface area contributed by atoms with Crippen molar-refractivity contribution in [2.24, 2.45) is 0 Å². The van der Waals surface area contributed by atoms with E-state index in [1.807, 2.05) is 36.1 Å². The Hall–Kier alpha value is -1.88. The number of aryl methyl sites for hydroxylation is 1. The van der Waals surface area contributed by atoms with Gasteiger partial charge in [-0.15, -0.1) is 0 Å². The Morgan fingerprint density at radius 1 is 1.30 bits per heavy atom. The average molecular weight is 271 g/mol. The first-order chi connectivity index (χ1) is 9.74. The molecule has 0 aliphatic carbocycles. The van der Waals surface area contributed by atoms with Gasteiger partial charge in [0.25, 0.3) is 0 Å². The second-order valence-corrected chi connectivity index (χ2v) is 5.46. The highest BCUT2D eigenvalue weighted by atomic mass is 15.2. The number of rotatable bonds is 3. The highest BCUT2D eigenvalue weighted by Gasteiger charge is 2.18. The summed E-state index contributed by atoms with van der Waals surface area (Å²) in [4.78, 5) is 11.2. The van der Waals surface area contributed by atoms with Gasteiger partial charge in [-0.1, -0.05) is 0 Å². The molecule has 1 N–H and O–H groups in total. The number of imidazole rings is 1. The number of piperidine rings is 1. The topological polar surface area (TPSA) is 46.0 Å². The average Bonchev–Trinajstić information content (AvgIpc) is 2.86. The standard InChI is InChI=1S/C15H21N5/c1-12-16-8-10-20(12)15-14(6-3-7-17-15)18-13-5-4-9-19(2)11-13/h3,6-8,10,13,18H,4-5,9,11H2,1-2H3. The zero-order chi connectivity index (χ0) is 13.9. The van der Waals surface area contributed by atoms with Gasteiger partial charge in [0.15, 0.2) is 5.82 Å². The molecule has 1 fully saturated rings. The van der Waals surface area contributed by atoms with Crippen LogP contribution in [0.1, 0.15) is 18.7 Å². The number of likely N-dealkylation sites (N-methyl/N-ethyl adjacent to an activating group) is 1. The smallest absolute Gasteiger partial charge is 0.161 e. The van der Waals surface area contributed by atoms with Crippen LogP contribution in [0.5, 0.6) is 0 Å². The lowest BCUT2D eigenvalue weighted by molar-refractivity contribution is 0.261. The molecule has 1 saturated heterocycles. The van der Waals surface area contributed by atoms with Crippen LogP contribution in [0.25, 0.3) is 5.82 Å². The number of nitrogens with one attached hydrogen (secondary N) is 1. The number of hydrogen-bond donors (Lipinski definition) is 1. The number of likely N-dealkylation sites (tertiary alicyclic amines) is 1. The summed E-state index contributed by atoms with van der Waals surface area (Å²) in [5.41, 5.74) is 1.08. The molecule has 20 heavy (non-hydrogen) atoms. The molecule has 0 spiro atoms. The molecule has 0 radical (unpaired) electrons. The molecule has 2 aromatic heterocycles. The monoisotopic (exact) mass is 271 g/mol. The second kappa shape index (κ2) is 5.63. The lowest BCUT2D eigenvalue weighted by Gasteiger charge is -2.31. The third kappa shape index (κ3) is 2.67. The number of nitrogens with zero attached hydrogens (tertiary/aromatic N) is 4. The van der Waals surface area contributed by atoms with Gasteiger partial charge in [0.05, 0.1) is 5.69 Å². The van der Waals surface area contributed by atoms with Crippen molar-refractivity contribution in [1.82, 2.24) is 19.4 Å². The lowest BCUT2D eigenvalue weighted by atomic mass is 10.1. The van der Waals surface area contributed by atoms with Gasteiger partial charge in [-0.05, 0) is 45.5 Å². The summed E-state index contributed by atoms with van der Waals surface area (Å²) in [5, 5.41) is 3.64. The molecule has 1 aliphatic rings. The Morgan fingerprint density at radius 2 is 2.20 bits per heavy atom. The van der Waals surface area contributed by atoms with Gasteiger partial charge in [-0.3, -0.25) is 4.57 Å². The molecule has 5 heteroatoms. The zero-order valence-corrected chi connectivity index (χ0v) is 12.1. The number of anilines is 1. The fraction of sp³-hybridized carbons (Fsp3) is 0.467. The summed E-state index contributed by atoms with van der Waals surface area (Å²) < 4.78 is 2.02. The van der Waals surface area contributed by atoms with Crippen LogP contribution in [0.4, 0.5) is 5.69 Å². The summed E-state index contributed by atoms with van der Waals surface area (Å²) >= 11 is 0. The summed E-state index contributed by atoms with van der Waals surface area (Å²) in [6.07, 6.45) is 8.04. The van der Waals surface area contributed by atoms with E-state index in [-0.39, 0.29) is 0 Å². The minimum Gasteiger partial charge on any atom is -0.378 e. The van der Waals surface area contributed by atoms with Crippen molar-refractivity contribution in [1.29, 1.82) is 0 Å². The molecular formula is C15H21N5. The van der Waals surface area contributed by atoms with Gasteiger partial charge in [-0.25, -0.2) is 9.97 Å². The van der Waals surface area contributed by atoms with Gasteiger partial charge in [-0.2, -0.15) is 0 Å². The molecule has 1 unspecified atom stereocenters. The predicted molar refractivity (Wildman–Crippen MR) is 80.2 cm³/mol. The molecular weight excluding hydrogens is 250 g/mol. The zero-order valence-electron chi connectivity index (χ0n) is 12.1. The molecule has 1 aliphatic heterocycles. The highest BCUT2D eigenvalue weighted by molar-refractivity contribution is 5.57. The first-order valence-corrected chi connectivity index (χ1v) is 7.14. The molecule has 106 valence electrons. The van der Waals surface area contributed by atoms with Crippen molar-refractivity contribution in [3.8, 4) is 5.82 Å². The van der Waals surface area contributed by atoms with Gasteiger partial charge in [0, 0.05) is 31.2 Å². The van der Waals surface area contributed by atoms with Crippen LogP contribution in [0.3, 0.4) is 0 Å². The van der Waals surface area contributed by atoms with Crippen LogP contribution in [0.2, 0.25) is 0 Å². The van der Waals surface area contributed by atoms with Gasteiger partial charge < -0.3 is 10.2 Å². The summed E-state index contributed by atoms with van der Waals surface area (Å²) in [7, 11) is 2.18. The first kappa shape index (κ1) is 13.1. The fourth-order valence-corrected chi connectivity index (χ4v) is 2.81. The summed E-state index contributed by atoms with van der Waals surface area (Å²) in [6.45, 7) is 4.27. The predicted octanol–water partition coefficient (Wildman–Crippen LogP) is 2.08. The minimum atomic E-state index is 0.487. The van der Waals surface area contributed by atoms with E-state index in [4.69, 9.17) is 0 Å². The van der Waals surface area contributed by atoms with Gasteiger partial charge in [0.2, 0.25) is 0 Å². The molecule has 2 aromatic rings. The fourth-order valence-electron chi connectivity index (χ4n) is 2.81.